The SMILES string of the molecule is C=CCC=CCCCCCCC(=O)OCC(COP(=O)(O)OCC(O)COP(=O)(O)OCC(COC(=O)CCCCCCC=CC)OC(=O)CCCCCCC=CCC=C)OC(=O)CCCCCCC=CC. The molecular formula is C53H90O17P2. The van der Waals surface area contributed by atoms with Crippen molar-refractivity contribution >= 4 is 39.5 Å². The Hall–Kier alpha value is -3.50. The highest BCUT2D eigenvalue weighted by molar-refractivity contribution is 7.47. The normalized spacial score (nSPS) is 14.8. The van der Waals surface area contributed by atoms with Crippen LogP contribution < -0.4 is 0 Å². The number of carbonyl (C=O) groups is 4. The molecule has 17 nitrogen and oxygen atoms in total. The first-order valence-corrected chi connectivity index (χ1v) is 29.0. The summed E-state index contributed by atoms with van der Waals surface area (Å²) in [4.78, 5) is 71.2. The van der Waals surface area contributed by atoms with Gasteiger partial charge in [-0.05, 0) is 104 Å². The number of hydrogen-bond donors (Lipinski definition) is 3. The lowest BCUT2D eigenvalue weighted by molar-refractivity contribution is -0.161. The van der Waals surface area contributed by atoms with Crippen LogP contribution in [0.4, 0.5) is 0 Å². The quantitative estimate of drug-likeness (QED) is 0.0169. The Bertz CT molecular complexity index is 1660. The Morgan fingerprint density at radius 2 is 0.736 bits per heavy atom. The number of esters is 4. The monoisotopic (exact) mass is 1060 g/mol. The van der Waals surface area contributed by atoms with Gasteiger partial charge in [0.15, 0.2) is 12.2 Å². The Balaban J connectivity index is 5.23. The lowest BCUT2D eigenvalue weighted by Gasteiger charge is -2.21. The van der Waals surface area contributed by atoms with Crippen molar-refractivity contribution < 1.29 is 80.2 Å². The van der Waals surface area contributed by atoms with Crippen LogP contribution in [0.2, 0.25) is 0 Å². The number of aliphatic hydroxyl groups excluding tert-OH is 1. The molecule has 5 unspecified atom stereocenters. The van der Waals surface area contributed by atoms with Crippen LogP contribution in [0.15, 0.2) is 73.9 Å². The van der Waals surface area contributed by atoms with Crippen molar-refractivity contribution in [3.8, 4) is 0 Å². The van der Waals surface area contributed by atoms with Gasteiger partial charge in [0.05, 0.1) is 26.4 Å². The third kappa shape index (κ3) is 46.3. The number of rotatable bonds is 50. The lowest BCUT2D eigenvalue weighted by atomic mass is 10.1. The number of carbonyl (C=O) groups excluding carboxylic acids is 4. The Kier molecular flexibility index (Phi) is 44.9. The number of hydrogen-bond acceptors (Lipinski definition) is 15. The second kappa shape index (κ2) is 47.2. The molecule has 0 aliphatic carbocycles. The highest BCUT2D eigenvalue weighted by Gasteiger charge is 2.30. The van der Waals surface area contributed by atoms with Gasteiger partial charge in [0, 0.05) is 25.7 Å². The summed E-state index contributed by atoms with van der Waals surface area (Å²) in [5.74, 6) is -2.29. The van der Waals surface area contributed by atoms with Gasteiger partial charge in [0.2, 0.25) is 0 Å². The van der Waals surface area contributed by atoms with Gasteiger partial charge < -0.3 is 33.8 Å². The molecule has 0 heterocycles. The summed E-state index contributed by atoms with van der Waals surface area (Å²) in [6.07, 6.45) is 34.7. The molecule has 0 aromatic rings. The fourth-order valence-corrected chi connectivity index (χ4v) is 8.15. The minimum atomic E-state index is -4.95. The first-order chi connectivity index (χ1) is 34.7. The number of phosphoric ester groups is 2. The molecule has 0 amide bonds. The minimum Gasteiger partial charge on any atom is -0.462 e. The topological polar surface area (TPSA) is 237 Å². The first kappa shape index (κ1) is 68.5. The molecule has 414 valence electrons. The number of aliphatic hydroxyl groups is 1. The van der Waals surface area contributed by atoms with E-state index < -0.39 is 97.5 Å². The largest absolute Gasteiger partial charge is 0.472 e. The molecule has 72 heavy (non-hydrogen) atoms. The van der Waals surface area contributed by atoms with Gasteiger partial charge >= 0.3 is 39.5 Å². The lowest BCUT2D eigenvalue weighted by Crippen LogP contribution is -2.30. The average Bonchev–Trinajstić information content (AvgIpc) is 3.35. The molecule has 0 radical (unpaired) electrons. The average molecular weight is 1060 g/mol. The van der Waals surface area contributed by atoms with Gasteiger partial charge in [-0.25, -0.2) is 9.13 Å². The van der Waals surface area contributed by atoms with E-state index in [0.717, 1.165) is 116 Å². The summed E-state index contributed by atoms with van der Waals surface area (Å²) in [6.45, 7) is 7.16. The van der Waals surface area contributed by atoms with Crippen LogP contribution in [0.1, 0.15) is 181 Å². The summed E-state index contributed by atoms with van der Waals surface area (Å²) in [7, 11) is -9.89. The van der Waals surface area contributed by atoms with Gasteiger partial charge in [0.1, 0.15) is 19.3 Å². The predicted octanol–water partition coefficient (Wildman–Crippen LogP) is 12.3. The highest BCUT2D eigenvalue weighted by Crippen LogP contribution is 2.45. The highest BCUT2D eigenvalue weighted by atomic mass is 31.2. The molecular weight excluding hydrogens is 971 g/mol. The van der Waals surface area contributed by atoms with Crippen LogP contribution >= 0.6 is 15.6 Å². The van der Waals surface area contributed by atoms with E-state index in [9.17, 15) is 43.2 Å². The first-order valence-electron chi connectivity index (χ1n) is 26.0. The second-order valence-corrected chi connectivity index (χ2v) is 20.2. The molecule has 0 aromatic carbocycles. The fourth-order valence-electron chi connectivity index (χ4n) is 6.57. The zero-order valence-corrected chi connectivity index (χ0v) is 45.3. The van der Waals surface area contributed by atoms with Gasteiger partial charge in [-0.1, -0.05) is 112 Å². The van der Waals surface area contributed by atoms with E-state index >= 15 is 0 Å². The molecule has 0 fully saturated rings. The van der Waals surface area contributed by atoms with Gasteiger partial charge in [-0.2, -0.15) is 0 Å². The van der Waals surface area contributed by atoms with Crippen molar-refractivity contribution in [1.82, 2.24) is 0 Å². The van der Waals surface area contributed by atoms with Gasteiger partial charge in [0.25, 0.3) is 0 Å². The molecule has 0 rings (SSSR count). The van der Waals surface area contributed by atoms with Crippen molar-refractivity contribution in [2.24, 2.45) is 0 Å². The fraction of sp³-hybridized carbons (Fsp3) is 0.698. The van der Waals surface area contributed by atoms with E-state index in [1.807, 2.05) is 44.2 Å². The summed E-state index contributed by atoms with van der Waals surface area (Å²) in [5.41, 5.74) is 0. The number of phosphoric acid groups is 2. The zero-order chi connectivity index (χ0) is 53.4. The molecule has 0 aliphatic rings. The third-order valence-electron chi connectivity index (χ3n) is 10.6. The van der Waals surface area contributed by atoms with Crippen LogP contribution in [-0.4, -0.2) is 96.7 Å². The standard InChI is InChI=1S/C53H90O17P2/c1-5-9-13-17-21-23-27-30-34-38-51(56)64-44-48(69-52(57)39-35-31-26-20-16-12-8-4)45-67-71(59,60)65-41-47(54)42-66-72(61,62)68-46-49(43-63-50(55)37-33-29-25-19-15-11-7-3)70-53(58)40-36-32-28-24-22-18-14-10-6-2/h5-8,11-14,17-18,47-49,54H,1-2,9-10,15-16,19-46H2,3-4H3,(H,59,60)(H,61,62). The molecule has 0 spiro atoms. The maximum atomic E-state index is 12.8. The molecule has 0 bridgehead atoms. The summed E-state index contributed by atoms with van der Waals surface area (Å²) >= 11 is 0. The smallest absolute Gasteiger partial charge is 0.462 e. The number of allylic oxidation sites excluding steroid dienone is 10. The molecule has 5 atom stereocenters. The maximum Gasteiger partial charge on any atom is 0.472 e. The summed E-state index contributed by atoms with van der Waals surface area (Å²) < 4.78 is 67.0. The van der Waals surface area contributed by atoms with E-state index in [0.29, 0.717) is 25.7 Å². The maximum absolute atomic E-state index is 12.8. The van der Waals surface area contributed by atoms with Crippen molar-refractivity contribution in [2.75, 3.05) is 39.6 Å². The van der Waals surface area contributed by atoms with E-state index in [1.165, 1.54) is 0 Å². The van der Waals surface area contributed by atoms with Crippen molar-refractivity contribution in [1.29, 1.82) is 0 Å². The minimum absolute atomic E-state index is 0.0647. The van der Waals surface area contributed by atoms with Crippen molar-refractivity contribution in [3.05, 3.63) is 73.9 Å². The van der Waals surface area contributed by atoms with E-state index in [2.05, 4.69) is 43.5 Å². The van der Waals surface area contributed by atoms with Crippen LogP contribution in [0, 0.1) is 0 Å². The van der Waals surface area contributed by atoms with Crippen LogP contribution in [-0.2, 0) is 65.4 Å². The van der Waals surface area contributed by atoms with Crippen LogP contribution in [0.3, 0.4) is 0 Å². The van der Waals surface area contributed by atoms with Gasteiger partial charge in [-0.15, -0.1) is 13.2 Å². The molecule has 19 heteroatoms. The number of unbranched alkanes of at least 4 members (excludes halogenated alkanes) is 16. The molecule has 3 N–H and O–H groups in total. The molecule has 0 aliphatic heterocycles. The summed E-state index contributed by atoms with van der Waals surface area (Å²) in [5, 5.41) is 10.4. The second-order valence-electron chi connectivity index (χ2n) is 17.3. The van der Waals surface area contributed by atoms with E-state index in [1.54, 1.807) is 0 Å². The van der Waals surface area contributed by atoms with Gasteiger partial charge in [-0.3, -0.25) is 37.3 Å². The van der Waals surface area contributed by atoms with Crippen molar-refractivity contribution in [2.45, 2.75) is 199 Å². The van der Waals surface area contributed by atoms with E-state index in [4.69, 9.17) is 37.0 Å². The molecule has 0 aromatic heterocycles. The zero-order valence-electron chi connectivity index (χ0n) is 43.5. The summed E-state index contributed by atoms with van der Waals surface area (Å²) in [6, 6.07) is 0. The Morgan fingerprint density at radius 3 is 1.07 bits per heavy atom. The Morgan fingerprint density at radius 1 is 0.431 bits per heavy atom. The van der Waals surface area contributed by atoms with E-state index in [-0.39, 0.29) is 25.7 Å². The molecule has 0 saturated heterocycles. The predicted molar refractivity (Wildman–Crippen MR) is 279 cm³/mol. The van der Waals surface area contributed by atoms with Crippen LogP contribution in [0.25, 0.3) is 0 Å². The number of ether oxygens (including phenoxy) is 4. The van der Waals surface area contributed by atoms with Crippen molar-refractivity contribution in [3.63, 3.8) is 0 Å². The molecule has 0 saturated carbocycles. The third-order valence-corrected chi connectivity index (χ3v) is 12.5. The Labute approximate surface area is 431 Å². The van der Waals surface area contributed by atoms with Crippen LogP contribution in [0.5, 0.6) is 0 Å².